The number of piperidine rings is 1. The van der Waals surface area contributed by atoms with Crippen LogP contribution in [0.15, 0.2) is 23.1 Å². The van der Waals surface area contributed by atoms with Gasteiger partial charge in [0.2, 0.25) is 10.0 Å². The number of aryl methyl sites for hydroxylation is 1. The van der Waals surface area contributed by atoms with Crippen LogP contribution in [-0.2, 0) is 10.0 Å². The van der Waals surface area contributed by atoms with Gasteiger partial charge in [-0.25, -0.2) is 8.42 Å². The zero-order chi connectivity index (χ0) is 15.6. The Morgan fingerprint density at radius 2 is 2.14 bits per heavy atom. The highest BCUT2D eigenvalue weighted by atomic mass is 32.2. The van der Waals surface area contributed by atoms with Crippen molar-refractivity contribution in [3.05, 3.63) is 29.3 Å². The molecule has 0 bridgehead atoms. The quantitative estimate of drug-likeness (QED) is 0.921. The van der Waals surface area contributed by atoms with Crippen molar-refractivity contribution in [1.82, 2.24) is 4.31 Å². The minimum atomic E-state index is -3.58. The van der Waals surface area contributed by atoms with Gasteiger partial charge in [0.05, 0.1) is 16.5 Å². The molecule has 0 aromatic heterocycles. The molecule has 1 saturated heterocycles. The van der Waals surface area contributed by atoms with Gasteiger partial charge in [0.1, 0.15) is 0 Å². The molecule has 1 aliphatic heterocycles. The highest BCUT2D eigenvalue weighted by Gasteiger charge is 2.37. The van der Waals surface area contributed by atoms with Crippen LogP contribution in [-0.4, -0.2) is 31.4 Å². The first-order valence-electron chi connectivity index (χ1n) is 7.16. The van der Waals surface area contributed by atoms with Crippen molar-refractivity contribution in [2.75, 3.05) is 6.54 Å². The van der Waals surface area contributed by atoms with E-state index in [2.05, 4.69) is 6.07 Å². The molecular formula is C15H21N3O2S. The van der Waals surface area contributed by atoms with E-state index < -0.39 is 10.0 Å². The Kier molecular flexibility index (Phi) is 4.67. The first-order chi connectivity index (χ1) is 9.91. The van der Waals surface area contributed by atoms with Gasteiger partial charge in [-0.05, 0) is 50.5 Å². The number of hydrogen-bond acceptors (Lipinski definition) is 4. The first kappa shape index (κ1) is 16.0. The molecule has 0 spiro atoms. The van der Waals surface area contributed by atoms with Gasteiger partial charge in [0.25, 0.3) is 0 Å². The molecule has 1 aromatic carbocycles. The molecule has 1 aromatic rings. The van der Waals surface area contributed by atoms with Crippen LogP contribution in [0.1, 0.15) is 37.3 Å². The van der Waals surface area contributed by atoms with Crippen LogP contribution in [0.2, 0.25) is 0 Å². The minimum Gasteiger partial charge on any atom is -0.329 e. The monoisotopic (exact) mass is 307 g/mol. The first-order valence-corrected chi connectivity index (χ1v) is 8.60. The van der Waals surface area contributed by atoms with E-state index in [0.717, 1.165) is 19.3 Å². The van der Waals surface area contributed by atoms with Crippen LogP contribution < -0.4 is 5.73 Å². The minimum absolute atomic E-state index is 0.0479. The molecule has 2 rings (SSSR count). The van der Waals surface area contributed by atoms with Crippen molar-refractivity contribution in [2.45, 2.75) is 50.1 Å². The average molecular weight is 307 g/mol. The Morgan fingerprint density at radius 1 is 1.43 bits per heavy atom. The largest absolute Gasteiger partial charge is 0.329 e. The Bertz CT molecular complexity index is 664. The van der Waals surface area contributed by atoms with Crippen LogP contribution in [0.25, 0.3) is 0 Å². The number of benzene rings is 1. The standard InChI is InChI=1S/C15H21N3O2S/c1-11-8-15(7-6-13(11)9-16)21(19,20)18-12(2)4-3-5-14(18)10-17/h6-8,12,14H,3-5,10,17H2,1-2H3. The lowest BCUT2D eigenvalue weighted by molar-refractivity contribution is 0.196. The number of sulfonamides is 1. The lowest BCUT2D eigenvalue weighted by Crippen LogP contribution is -2.51. The third-order valence-electron chi connectivity index (χ3n) is 4.12. The summed E-state index contributed by atoms with van der Waals surface area (Å²) in [5, 5.41) is 8.96. The molecule has 1 fully saturated rings. The summed E-state index contributed by atoms with van der Waals surface area (Å²) in [6, 6.07) is 6.51. The molecule has 21 heavy (non-hydrogen) atoms. The zero-order valence-electron chi connectivity index (χ0n) is 12.4. The molecule has 5 nitrogen and oxygen atoms in total. The summed E-state index contributed by atoms with van der Waals surface area (Å²) >= 11 is 0. The summed E-state index contributed by atoms with van der Waals surface area (Å²) in [5.41, 5.74) is 6.93. The van der Waals surface area contributed by atoms with E-state index in [-0.39, 0.29) is 17.0 Å². The predicted octanol–water partition coefficient (Wildman–Crippen LogP) is 1.76. The molecule has 2 N–H and O–H groups in total. The van der Waals surface area contributed by atoms with Gasteiger partial charge in [-0.2, -0.15) is 9.57 Å². The Balaban J connectivity index is 2.45. The second kappa shape index (κ2) is 6.14. The third kappa shape index (κ3) is 2.95. The SMILES string of the molecule is Cc1cc(S(=O)(=O)N2C(C)CCCC2CN)ccc1C#N. The van der Waals surface area contributed by atoms with Gasteiger partial charge < -0.3 is 5.73 Å². The summed E-state index contributed by atoms with van der Waals surface area (Å²) < 4.78 is 27.4. The summed E-state index contributed by atoms with van der Waals surface area (Å²) in [7, 11) is -3.58. The molecule has 0 radical (unpaired) electrons. The van der Waals surface area contributed by atoms with Gasteiger partial charge in [0, 0.05) is 18.6 Å². The normalized spacial score (nSPS) is 23.7. The smallest absolute Gasteiger partial charge is 0.243 e. The van der Waals surface area contributed by atoms with Gasteiger partial charge in [-0.1, -0.05) is 6.42 Å². The van der Waals surface area contributed by atoms with Crippen LogP contribution in [0.5, 0.6) is 0 Å². The number of nitriles is 1. The van der Waals surface area contributed by atoms with E-state index in [1.165, 1.54) is 6.07 Å². The Labute approximate surface area is 126 Å². The molecule has 114 valence electrons. The fraction of sp³-hybridized carbons (Fsp3) is 0.533. The van der Waals surface area contributed by atoms with E-state index in [1.54, 1.807) is 23.4 Å². The Morgan fingerprint density at radius 3 is 2.71 bits per heavy atom. The molecule has 6 heteroatoms. The summed E-state index contributed by atoms with van der Waals surface area (Å²) in [5.74, 6) is 0. The van der Waals surface area contributed by atoms with E-state index in [9.17, 15) is 8.42 Å². The van der Waals surface area contributed by atoms with Crippen LogP contribution in [0, 0.1) is 18.3 Å². The molecule has 0 aliphatic carbocycles. The van der Waals surface area contributed by atoms with Gasteiger partial charge in [-0.3, -0.25) is 0 Å². The van der Waals surface area contributed by atoms with Crippen molar-refractivity contribution in [3.63, 3.8) is 0 Å². The van der Waals surface area contributed by atoms with Gasteiger partial charge in [-0.15, -0.1) is 0 Å². The molecule has 2 unspecified atom stereocenters. The predicted molar refractivity (Wildman–Crippen MR) is 81.1 cm³/mol. The fourth-order valence-electron chi connectivity index (χ4n) is 2.96. The number of nitrogens with zero attached hydrogens (tertiary/aromatic N) is 2. The molecule has 2 atom stereocenters. The maximum Gasteiger partial charge on any atom is 0.243 e. The van der Waals surface area contributed by atoms with Crippen LogP contribution in [0.3, 0.4) is 0 Å². The lowest BCUT2D eigenvalue weighted by Gasteiger charge is -2.39. The highest BCUT2D eigenvalue weighted by Crippen LogP contribution is 2.30. The van der Waals surface area contributed by atoms with Gasteiger partial charge in [0.15, 0.2) is 0 Å². The van der Waals surface area contributed by atoms with Crippen LogP contribution in [0.4, 0.5) is 0 Å². The zero-order valence-corrected chi connectivity index (χ0v) is 13.2. The van der Waals surface area contributed by atoms with Crippen molar-refractivity contribution < 1.29 is 8.42 Å². The fourth-order valence-corrected chi connectivity index (χ4v) is 4.93. The van der Waals surface area contributed by atoms with Crippen molar-refractivity contribution >= 4 is 10.0 Å². The Hall–Kier alpha value is -1.42. The maximum absolute atomic E-state index is 12.9. The summed E-state index contributed by atoms with van der Waals surface area (Å²) in [6.45, 7) is 4.01. The molecule has 1 heterocycles. The van der Waals surface area contributed by atoms with Crippen molar-refractivity contribution in [3.8, 4) is 6.07 Å². The number of nitrogens with two attached hydrogens (primary N) is 1. The van der Waals surface area contributed by atoms with E-state index in [1.807, 2.05) is 6.92 Å². The van der Waals surface area contributed by atoms with E-state index in [4.69, 9.17) is 11.0 Å². The average Bonchev–Trinajstić information content (AvgIpc) is 2.46. The maximum atomic E-state index is 12.9. The van der Waals surface area contributed by atoms with Crippen molar-refractivity contribution in [1.29, 1.82) is 5.26 Å². The highest BCUT2D eigenvalue weighted by molar-refractivity contribution is 7.89. The molecule has 1 aliphatic rings. The van der Waals surface area contributed by atoms with Gasteiger partial charge >= 0.3 is 0 Å². The topological polar surface area (TPSA) is 87.2 Å². The molecule has 0 amide bonds. The molecular weight excluding hydrogens is 286 g/mol. The lowest BCUT2D eigenvalue weighted by atomic mass is 10.00. The summed E-state index contributed by atoms with van der Waals surface area (Å²) in [6.07, 6.45) is 2.65. The van der Waals surface area contributed by atoms with E-state index in [0.29, 0.717) is 17.7 Å². The summed E-state index contributed by atoms with van der Waals surface area (Å²) in [4.78, 5) is 0.242. The number of rotatable bonds is 3. The number of hydrogen-bond donors (Lipinski definition) is 1. The van der Waals surface area contributed by atoms with E-state index >= 15 is 0 Å². The van der Waals surface area contributed by atoms with Crippen LogP contribution >= 0.6 is 0 Å². The second-order valence-corrected chi connectivity index (χ2v) is 7.44. The van der Waals surface area contributed by atoms with Crippen molar-refractivity contribution in [2.24, 2.45) is 5.73 Å². The second-order valence-electron chi connectivity index (χ2n) is 5.59. The molecule has 0 saturated carbocycles. The third-order valence-corrected chi connectivity index (χ3v) is 6.18.